The van der Waals surface area contributed by atoms with Gasteiger partial charge < -0.3 is 16.2 Å². The molecule has 0 spiro atoms. The fourth-order valence-corrected chi connectivity index (χ4v) is 0.345. The molecular weight excluding hydrogens is 120 g/mol. The zero-order valence-electron chi connectivity index (χ0n) is 5.42. The second kappa shape index (κ2) is 4.14. The molecule has 0 aromatic carbocycles. The van der Waals surface area contributed by atoms with Gasteiger partial charge in [-0.25, -0.2) is 4.79 Å². The Kier molecular flexibility index (Phi) is 3.79. The number of rotatable bonds is 3. The smallest absolute Gasteiger partial charge is 0.404 e. The fourth-order valence-electron chi connectivity index (χ4n) is 0.345. The molecular formula is C5H12N2O2. The zero-order chi connectivity index (χ0) is 7.28. The third kappa shape index (κ3) is 5.10. The van der Waals surface area contributed by atoms with Gasteiger partial charge in [0.1, 0.15) is 0 Å². The van der Waals surface area contributed by atoms with E-state index >= 15 is 0 Å². The van der Waals surface area contributed by atoms with Crippen molar-refractivity contribution in [2.45, 2.75) is 6.92 Å². The maximum atomic E-state index is 9.87. The lowest BCUT2D eigenvalue weighted by atomic mass is 10.2. The summed E-state index contributed by atoms with van der Waals surface area (Å²) in [4.78, 5) is 9.87. The maximum Gasteiger partial charge on any atom is 0.404 e. The van der Waals surface area contributed by atoms with Crippen molar-refractivity contribution in [3.63, 3.8) is 0 Å². The molecule has 0 fully saturated rings. The van der Waals surface area contributed by atoms with Crippen LogP contribution in [-0.2, 0) is 0 Å². The lowest BCUT2D eigenvalue weighted by Crippen LogP contribution is -2.29. The summed E-state index contributed by atoms with van der Waals surface area (Å²) in [7, 11) is 0. The Morgan fingerprint density at radius 2 is 2.44 bits per heavy atom. The number of hydrogen-bond acceptors (Lipinski definition) is 2. The molecule has 0 aliphatic carbocycles. The lowest BCUT2D eigenvalue weighted by Gasteiger charge is -2.05. The van der Waals surface area contributed by atoms with Crippen LogP contribution in [0.2, 0.25) is 0 Å². The molecule has 0 aromatic rings. The highest BCUT2D eigenvalue weighted by atomic mass is 16.4. The van der Waals surface area contributed by atoms with Gasteiger partial charge in [0.2, 0.25) is 0 Å². The molecule has 0 rings (SSSR count). The molecule has 1 amide bonds. The molecule has 0 aromatic heterocycles. The summed E-state index contributed by atoms with van der Waals surface area (Å²) in [6.07, 6.45) is -0.990. The molecule has 9 heavy (non-hydrogen) atoms. The fraction of sp³-hybridized carbons (Fsp3) is 0.800. The van der Waals surface area contributed by atoms with E-state index in [0.29, 0.717) is 13.1 Å². The van der Waals surface area contributed by atoms with Crippen LogP contribution in [0.25, 0.3) is 0 Å². The predicted molar refractivity (Wildman–Crippen MR) is 34.2 cm³/mol. The largest absolute Gasteiger partial charge is 0.465 e. The summed E-state index contributed by atoms with van der Waals surface area (Å²) in [6, 6.07) is 0. The van der Waals surface area contributed by atoms with Crippen molar-refractivity contribution in [2.75, 3.05) is 13.1 Å². The first-order valence-corrected chi connectivity index (χ1v) is 2.83. The van der Waals surface area contributed by atoms with Crippen LogP contribution in [-0.4, -0.2) is 24.3 Å². The van der Waals surface area contributed by atoms with Crippen LogP contribution >= 0.6 is 0 Å². The van der Waals surface area contributed by atoms with Gasteiger partial charge in [-0.3, -0.25) is 0 Å². The zero-order valence-corrected chi connectivity index (χ0v) is 5.42. The van der Waals surface area contributed by atoms with Gasteiger partial charge in [0.25, 0.3) is 0 Å². The summed E-state index contributed by atoms with van der Waals surface area (Å²) in [5.41, 5.74) is 5.23. The van der Waals surface area contributed by atoms with Crippen LogP contribution in [0.15, 0.2) is 0 Å². The van der Waals surface area contributed by atoms with Crippen molar-refractivity contribution in [1.29, 1.82) is 0 Å². The number of hydrogen-bond donors (Lipinski definition) is 3. The van der Waals surface area contributed by atoms with Crippen molar-refractivity contribution in [3.8, 4) is 0 Å². The minimum absolute atomic E-state index is 0.223. The topological polar surface area (TPSA) is 75.3 Å². The summed E-state index contributed by atoms with van der Waals surface area (Å²) in [5, 5.41) is 10.3. The van der Waals surface area contributed by atoms with E-state index in [2.05, 4.69) is 5.32 Å². The van der Waals surface area contributed by atoms with Gasteiger partial charge in [0.05, 0.1) is 0 Å². The highest BCUT2D eigenvalue weighted by molar-refractivity contribution is 5.64. The van der Waals surface area contributed by atoms with Crippen molar-refractivity contribution in [1.82, 2.24) is 5.32 Å². The Morgan fingerprint density at radius 1 is 1.89 bits per heavy atom. The van der Waals surface area contributed by atoms with Crippen LogP contribution in [0, 0.1) is 5.92 Å². The maximum absolute atomic E-state index is 9.87. The van der Waals surface area contributed by atoms with Crippen molar-refractivity contribution in [3.05, 3.63) is 0 Å². The Labute approximate surface area is 54.0 Å². The third-order valence-corrected chi connectivity index (χ3v) is 1.00. The molecule has 0 saturated heterocycles. The number of carbonyl (C=O) groups is 1. The first-order valence-electron chi connectivity index (χ1n) is 2.83. The van der Waals surface area contributed by atoms with Crippen LogP contribution in [0.5, 0.6) is 0 Å². The van der Waals surface area contributed by atoms with E-state index in [4.69, 9.17) is 10.8 Å². The van der Waals surface area contributed by atoms with Crippen molar-refractivity contribution in [2.24, 2.45) is 11.7 Å². The molecule has 4 N–H and O–H groups in total. The van der Waals surface area contributed by atoms with E-state index in [0.717, 1.165) is 0 Å². The van der Waals surface area contributed by atoms with Crippen LogP contribution < -0.4 is 11.1 Å². The Morgan fingerprint density at radius 3 is 2.78 bits per heavy atom. The molecule has 0 aliphatic rings. The van der Waals surface area contributed by atoms with E-state index in [9.17, 15) is 4.79 Å². The predicted octanol–water partition coefficient (Wildman–Crippen LogP) is -0.151. The van der Waals surface area contributed by atoms with Gasteiger partial charge in [-0.1, -0.05) is 6.92 Å². The van der Waals surface area contributed by atoms with Gasteiger partial charge in [-0.05, 0) is 12.5 Å². The normalized spacial score (nSPS) is 12.7. The molecule has 0 heterocycles. The molecule has 0 aliphatic heterocycles. The molecule has 4 nitrogen and oxygen atoms in total. The van der Waals surface area contributed by atoms with Crippen LogP contribution in [0.1, 0.15) is 6.92 Å². The molecule has 54 valence electrons. The molecule has 0 bridgehead atoms. The minimum atomic E-state index is -0.990. The van der Waals surface area contributed by atoms with E-state index in [1.54, 1.807) is 0 Å². The Hall–Kier alpha value is -0.770. The monoisotopic (exact) mass is 132 g/mol. The quantitative estimate of drug-likeness (QED) is 0.499. The average Bonchev–Trinajstić information content (AvgIpc) is 1.83. The van der Waals surface area contributed by atoms with Gasteiger partial charge in [-0.2, -0.15) is 0 Å². The third-order valence-electron chi connectivity index (χ3n) is 1.00. The van der Waals surface area contributed by atoms with Gasteiger partial charge in [-0.15, -0.1) is 0 Å². The van der Waals surface area contributed by atoms with Crippen LogP contribution in [0.4, 0.5) is 4.79 Å². The average molecular weight is 132 g/mol. The van der Waals surface area contributed by atoms with E-state index < -0.39 is 6.09 Å². The van der Waals surface area contributed by atoms with E-state index in [1.807, 2.05) is 6.92 Å². The Balaban J connectivity index is 3.16. The summed E-state index contributed by atoms with van der Waals surface area (Å²) in [6.45, 7) is 2.84. The highest BCUT2D eigenvalue weighted by Gasteiger charge is 1.99. The van der Waals surface area contributed by atoms with Gasteiger partial charge in [0.15, 0.2) is 0 Å². The number of carboxylic acid groups (broad SMARTS) is 1. The number of nitrogens with one attached hydrogen (secondary N) is 1. The standard InChI is InChI=1S/C5H12N2O2/c1-4(2-6)3-7-5(8)9/h4,7H,2-3,6H2,1H3,(H,8,9)/t4-/m1/s1. The molecule has 4 heteroatoms. The van der Waals surface area contributed by atoms with Crippen LogP contribution in [0.3, 0.4) is 0 Å². The van der Waals surface area contributed by atoms with Gasteiger partial charge >= 0.3 is 6.09 Å². The summed E-state index contributed by atoms with van der Waals surface area (Å²) in [5.74, 6) is 0.223. The summed E-state index contributed by atoms with van der Waals surface area (Å²) >= 11 is 0. The first kappa shape index (κ1) is 8.23. The molecule has 0 saturated carbocycles. The van der Waals surface area contributed by atoms with Gasteiger partial charge in [0, 0.05) is 6.54 Å². The molecule has 1 atom stereocenters. The number of amides is 1. The van der Waals surface area contributed by atoms with Crippen molar-refractivity contribution >= 4 is 6.09 Å². The molecule has 0 unspecified atom stereocenters. The lowest BCUT2D eigenvalue weighted by molar-refractivity contribution is 0.193. The summed E-state index contributed by atoms with van der Waals surface area (Å²) < 4.78 is 0. The van der Waals surface area contributed by atoms with E-state index in [-0.39, 0.29) is 5.92 Å². The van der Waals surface area contributed by atoms with E-state index in [1.165, 1.54) is 0 Å². The second-order valence-corrected chi connectivity index (χ2v) is 2.03. The second-order valence-electron chi connectivity index (χ2n) is 2.03. The van der Waals surface area contributed by atoms with Crippen molar-refractivity contribution < 1.29 is 9.90 Å². The Bertz CT molecular complexity index is 95.0. The number of nitrogens with two attached hydrogens (primary N) is 1. The highest BCUT2D eigenvalue weighted by Crippen LogP contribution is 1.85. The minimum Gasteiger partial charge on any atom is -0.465 e. The first-order chi connectivity index (χ1) is 4.16. The molecule has 0 radical (unpaired) electrons. The SMILES string of the molecule is C[C@H](CN)CNC(=O)O.